The Labute approximate surface area is 116 Å². The summed E-state index contributed by atoms with van der Waals surface area (Å²) in [6, 6.07) is 5.34. The summed E-state index contributed by atoms with van der Waals surface area (Å²) in [6.45, 7) is 0.641. The van der Waals surface area contributed by atoms with Crippen LogP contribution >= 0.6 is 0 Å². The molecule has 2 aliphatic rings. The Morgan fingerprint density at radius 3 is 2.95 bits per heavy atom. The zero-order chi connectivity index (χ0) is 14.3. The van der Waals surface area contributed by atoms with Crippen LogP contribution in [-0.4, -0.2) is 23.7 Å². The molecule has 3 atom stereocenters. The number of carboxylic acids is 1. The summed E-state index contributed by atoms with van der Waals surface area (Å²) in [5, 5.41) is 18.7. The fourth-order valence-corrected chi connectivity index (χ4v) is 3.72. The van der Waals surface area contributed by atoms with Gasteiger partial charge in [0.25, 0.3) is 0 Å². The minimum Gasteiger partial charge on any atom is -0.480 e. The van der Waals surface area contributed by atoms with Gasteiger partial charge in [-0.3, -0.25) is 0 Å². The highest BCUT2D eigenvalue weighted by molar-refractivity contribution is 5.81. The number of nitrogens with zero attached hydrogens (tertiary/aromatic N) is 2. The Morgan fingerprint density at radius 1 is 1.45 bits per heavy atom. The zero-order valence-electron chi connectivity index (χ0n) is 10.9. The molecule has 3 rings (SSSR count). The number of rotatable bonds is 2. The minimum absolute atomic E-state index is 0.143. The van der Waals surface area contributed by atoms with Gasteiger partial charge in [-0.25, -0.2) is 9.18 Å². The average Bonchev–Trinajstić information content (AvgIpc) is 2.97. The number of halogens is 1. The van der Waals surface area contributed by atoms with Crippen molar-refractivity contribution in [3.8, 4) is 6.07 Å². The summed E-state index contributed by atoms with van der Waals surface area (Å²) in [5.74, 6) is -0.819. The van der Waals surface area contributed by atoms with E-state index in [4.69, 9.17) is 5.26 Å². The van der Waals surface area contributed by atoms with Crippen molar-refractivity contribution < 1.29 is 14.3 Å². The van der Waals surface area contributed by atoms with Gasteiger partial charge in [0.15, 0.2) is 0 Å². The van der Waals surface area contributed by atoms with Crippen molar-refractivity contribution in [3.05, 3.63) is 29.6 Å². The Bertz CT molecular complexity index is 596. The van der Waals surface area contributed by atoms with Gasteiger partial charge in [-0.05, 0) is 42.9 Å². The molecule has 0 aromatic heterocycles. The summed E-state index contributed by atoms with van der Waals surface area (Å²) in [6.07, 6.45) is 3.02. The van der Waals surface area contributed by atoms with Crippen LogP contribution in [0.3, 0.4) is 0 Å². The van der Waals surface area contributed by atoms with Gasteiger partial charge in [0, 0.05) is 6.54 Å². The lowest BCUT2D eigenvalue weighted by Crippen LogP contribution is -2.40. The predicted octanol–water partition coefficient (Wildman–Crippen LogP) is 2.39. The lowest BCUT2D eigenvalue weighted by Gasteiger charge is -2.27. The van der Waals surface area contributed by atoms with Crippen LogP contribution in [0, 0.1) is 29.0 Å². The van der Waals surface area contributed by atoms with Gasteiger partial charge < -0.3 is 10.0 Å². The van der Waals surface area contributed by atoms with E-state index in [2.05, 4.69) is 0 Å². The monoisotopic (exact) mass is 274 g/mol. The number of aliphatic carboxylic acids is 1. The van der Waals surface area contributed by atoms with Crippen molar-refractivity contribution in [2.75, 3.05) is 11.4 Å². The number of hydrogen-bond donors (Lipinski definition) is 1. The number of anilines is 1. The Balaban J connectivity index is 2.01. The van der Waals surface area contributed by atoms with Crippen molar-refractivity contribution in [1.29, 1.82) is 5.26 Å². The highest BCUT2D eigenvalue weighted by Crippen LogP contribution is 2.44. The van der Waals surface area contributed by atoms with E-state index in [0.717, 1.165) is 19.3 Å². The van der Waals surface area contributed by atoms with Gasteiger partial charge in [-0.2, -0.15) is 5.26 Å². The van der Waals surface area contributed by atoms with Gasteiger partial charge in [0.05, 0.1) is 11.3 Å². The first-order chi connectivity index (χ1) is 9.61. The maximum absolute atomic E-state index is 13.2. The highest BCUT2D eigenvalue weighted by atomic mass is 19.1. The molecule has 2 fully saturated rings. The summed E-state index contributed by atoms with van der Waals surface area (Å²) >= 11 is 0. The van der Waals surface area contributed by atoms with Crippen molar-refractivity contribution in [2.45, 2.75) is 25.3 Å². The molecular formula is C15H15FN2O2. The molecule has 0 radical (unpaired) electrons. The molecule has 1 saturated heterocycles. The topological polar surface area (TPSA) is 64.3 Å². The van der Waals surface area contributed by atoms with Crippen LogP contribution < -0.4 is 4.90 Å². The molecular weight excluding hydrogens is 259 g/mol. The molecule has 3 unspecified atom stereocenters. The maximum atomic E-state index is 13.2. The fourth-order valence-electron chi connectivity index (χ4n) is 3.72. The van der Waals surface area contributed by atoms with E-state index in [1.165, 1.54) is 18.2 Å². The first-order valence-corrected chi connectivity index (χ1v) is 6.81. The zero-order valence-corrected chi connectivity index (χ0v) is 10.9. The molecule has 0 amide bonds. The van der Waals surface area contributed by atoms with Crippen molar-refractivity contribution in [3.63, 3.8) is 0 Å². The first-order valence-electron chi connectivity index (χ1n) is 6.81. The van der Waals surface area contributed by atoms with Gasteiger partial charge >= 0.3 is 5.97 Å². The number of fused-ring (bicyclic) bond motifs is 1. The molecule has 1 aliphatic heterocycles. The van der Waals surface area contributed by atoms with E-state index in [0.29, 0.717) is 18.2 Å². The molecule has 1 aromatic carbocycles. The predicted molar refractivity (Wildman–Crippen MR) is 70.7 cm³/mol. The van der Waals surface area contributed by atoms with E-state index in [1.807, 2.05) is 6.07 Å². The fraction of sp³-hybridized carbons (Fsp3) is 0.467. The van der Waals surface area contributed by atoms with Crippen LogP contribution in [0.2, 0.25) is 0 Å². The average molecular weight is 274 g/mol. The molecule has 1 aromatic rings. The Kier molecular flexibility index (Phi) is 3.09. The van der Waals surface area contributed by atoms with Crippen LogP contribution in [-0.2, 0) is 4.79 Å². The Hall–Kier alpha value is -2.09. The minimum atomic E-state index is -0.854. The van der Waals surface area contributed by atoms with Gasteiger partial charge in [-0.15, -0.1) is 0 Å². The second kappa shape index (κ2) is 4.78. The number of benzene rings is 1. The summed E-state index contributed by atoms with van der Waals surface area (Å²) < 4.78 is 13.2. The second-order valence-electron chi connectivity index (χ2n) is 5.56. The van der Waals surface area contributed by atoms with Gasteiger partial charge in [0.1, 0.15) is 17.9 Å². The molecule has 5 heteroatoms. The van der Waals surface area contributed by atoms with E-state index < -0.39 is 17.8 Å². The molecule has 104 valence electrons. The first kappa shape index (κ1) is 12.9. The SMILES string of the molecule is N#Cc1cc(F)ccc1N1CC2CCCC2C1C(=O)O. The third-order valence-corrected chi connectivity index (χ3v) is 4.53. The lowest BCUT2D eigenvalue weighted by molar-refractivity contribution is -0.139. The largest absolute Gasteiger partial charge is 0.480 e. The molecule has 1 aliphatic carbocycles. The van der Waals surface area contributed by atoms with Crippen LogP contribution in [0.5, 0.6) is 0 Å². The summed E-state index contributed by atoms with van der Waals surface area (Å²) in [7, 11) is 0. The molecule has 4 nitrogen and oxygen atoms in total. The van der Waals surface area contributed by atoms with Crippen LogP contribution in [0.1, 0.15) is 24.8 Å². The number of hydrogen-bond acceptors (Lipinski definition) is 3. The number of carbonyl (C=O) groups is 1. The third-order valence-electron chi connectivity index (χ3n) is 4.53. The summed E-state index contributed by atoms with van der Waals surface area (Å²) in [4.78, 5) is 13.4. The Morgan fingerprint density at radius 2 is 2.25 bits per heavy atom. The van der Waals surface area contributed by atoms with E-state index >= 15 is 0 Å². The van der Waals surface area contributed by atoms with Crippen LogP contribution in [0.15, 0.2) is 18.2 Å². The van der Waals surface area contributed by atoms with Crippen LogP contribution in [0.4, 0.5) is 10.1 Å². The number of nitriles is 1. The van der Waals surface area contributed by atoms with Crippen molar-refractivity contribution >= 4 is 11.7 Å². The van der Waals surface area contributed by atoms with Crippen LogP contribution in [0.25, 0.3) is 0 Å². The summed E-state index contributed by atoms with van der Waals surface area (Å²) in [5.41, 5.74) is 0.743. The normalized spacial score (nSPS) is 28.2. The molecule has 0 spiro atoms. The van der Waals surface area contributed by atoms with E-state index in [9.17, 15) is 14.3 Å². The molecule has 0 bridgehead atoms. The lowest BCUT2D eigenvalue weighted by atomic mass is 9.94. The molecule has 20 heavy (non-hydrogen) atoms. The van der Waals surface area contributed by atoms with Crippen molar-refractivity contribution in [2.24, 2.45) is 11.8 Å². The smallest absolute Gasteiger partial charge is 0.326 e. The molecule has 1 saturated carbocycles. The molecule has 1 heterocycles. The number of carboxylic acid groups (broad SMARTS) is 1. The second-order valence-corrected chi connectivity index (χ2v) is 5.56. The third kappa shape index (κ3) is 1.92. The van der Waals surface area contributed by atoms with E-state index in [1.54, 1.807) is 4.90 Å². The maximum Gasteiger partial charge on any atom is 0.326 e. The quantitative estimate of drug-likeness (QED) is 0.899. The van der Waals surface area contributed by atoms with Crippen molar-refractivity contribution in [1.82, 2.24) is 0 Å². The highest BCUT2D eigenvalue weighted by Gasteiger charge is 2.48. The standard InChI is InChI=1S/C15H15FN2O2/c16-11-4-5-13(10(6-11)7-17)18-8-9-2-1-3-12(9)14(18)15(19)20/h4-6,9,12,14H,1-3,8H2,(H,19,20). The van der Waals surface area contributed by atoms with E-state index in [-0.39, 0.29) is 11.5 Å². The van der Waals surface area contributed by atoms with Gasteiger partial charge in [-0.1, -0.05) is 6.42 Å². The molecule has 1 N–H and O–H groups in total. The van der Waals surface area contributed by atoms with Gasteiger partial charge in [0.2, 0.25) is 0 Å².